The SMILES string of the molecule is COc1cc(N(c2ccccc2)c2ccccc2)ccc1C=C(C#N)C(=O)[O-].O.O.O.O.O.[Na+]. The van der Waals surface area contributed by atoms with Gasteiger partial charge in [0.2, 0.25) is 0 Å². The second kappa shape index (κ2) is 18.2. The zero-order valence-corrected chi connectivity index (χ0v) is 20.7. The van der Waals surface area contributed by atoms with E-state index in [2.05, 4.69) is 4.90 Å². The first-order valence-electron chi connectivity index (χ1n) is 8.55. The van der Waals surface area contributed by atoms with E-state index in [4.69, 9.17) is 10.00 Å². The van der Waals surface area contributed by atoms with Crippen LogP contribution in [0.15, 0.2) is 84.4 Å². The minimum atomic E-state index is -1.52. The maximum absolute atomic E-state index is 11.0. The molecule has 0 saturated carbocycles. The number of ether oxygens (including phenoxy) is 1. The van der Waals surface area contributed by atoms with E-state index in [9.17, 15) is 9.90 Å². The molecule has 0 aliphatic carbocycles. The summed E-state index contributed by atoms with van der Waals surface area (Å²) in [5, 5.41) is 20.0. The van der Waals surface area contributed by atoms with E-state index >= 15 is 0 Å². The predicted octanol–water partition coefficient (Wildman–Crippen LogP) is -3.30. The molecule has 0 unspecified atom stereocenters. The van der Waals surface area contributed by atoms with Crippen LogP contribution in [0.2, 0.25) is 0 Å². The normalized spacial score (nSPS) is 8.88. The predicted molar refractivity (Wildman–Crippen MR) is 124 cm³/mol. The molecule has 10 nitrogen and oxygen atoms in total. The van der Waals surface area contributed by atoms with Crippen LogP contribution in [0.1, 0.15) is 5.56 Å². The largest absolute Gasteiger partial charge is 1.00 e. The second-order valence-corrected chi connectivity index (χ2v) is 5.89. The molecule has 0 aromatic heterocycles. The van der Waals surface area contributed by atoms with Gasteiger partial charge in [-0.1, -0.05) is 36.4 Å². The average molecular weight is 482 g/mol. The Bertz CT molecular complexity index is 1020. The van der Waals surface area contributed by atoms with Gasteiger partial charge in [0.15, 0.2) is 0 Å². The number of hydrogen-bond donors (Lipinski definition) is 0. The molecule has 10 N–H and O–H groups in total. The van der Waals surface area contributed by atoms with Crippen LogP contribution in [0.3, 0.4) is 0 Å². The van der Waals surface area contributed by atoms with Gasteiger partial charge < -0.3 is 46.9 Å². The molecule has 3 aromatic rings. The molecule has 0 atom stereocenters. The third-order valence-electron chi connectivity index (χ3n) is 4.14. The summed E-state index contributed by atoms with van der Waals surface area (Å²) >= 11 is 0. The van der Waals surface area contributed by atoms with E-state index in [1.165, 1.54) is 13.2 Å². The van der Waals surface area contributed by atoms with E-state index in [1.807, 2.05) is 66.7 Å². The average Bonchev–Trinajstić information content (AvgIpc) is 2.74. The maximum Gasteiger partial charge on any atom is 1.00 e. The van der Waals surface area contributed by atoms with Crippen LogP contribution < -0.4 is 44.3 Å². The van der Waals surface area contributed by atoms with Gasteiger partial charge in [0.1, 0.15) is 11.8 Å². The second-order valence-electron chi connectivity index (χ2n) is 5.89. The van der Waals surface area contributed by atoms with Crippen LogP contribution in [-0.4, -0.2) is 40.5 Å². The van der Waals surface area contributed by atoms with Crippen LogP contribution in [0.25, 0.3) is 6.08 Å². The van der Waals surface area contributed by atoms with Crippen LogP contribution in [0.5, 0.6) is 5.75 Å². The van der Waals surface area contributed by atoms with Crippen LogP contribution in [0, 0.1) is 11.3 Å². The quantitative estimate of drug-likeness (QED) is 0.199. The Morgan fingerprint density at radius 1 is 0.853 bits per heavy atom. The molecule has 0 aliphatic heterocycles. The number of hydrogen-bond acceptors (Lipinski definition) is 5. The van der Waals surface area contributed by atoms with E-state index < -0.39 is 11.5 Å². The molecule has 0 heterocycles. The smallest absolute Gasteiger partial charge is 0.544 e. The van der Waals surface area contributed by atoms with Gasteiger partial charge in [-0.25, -0.2) is 0 Å². The number of carbonyl (C=O) groups excluding carboxylic acids is 1. The number of carboxylic acid groups (broad SMARTS) is 1. The third kappa shape index (κ3) is 8.95. The summed E-state index contributed by atoms with van der Waals surface area (Å²) in [6.07, 6.45) is 1.24. The number of benzene rings is 3. The number of nitrogens with zero attached hydrogens (tertiary/aromatic N) is 2. The summed E-state index contributed by atoms with van der Waals surface area (Å²) in [6, 6.07) is 26.7. The van der Waals surface area contributed by atoms with E-state index in [-0.39, 0.29) is 56.9 Å². The fourth-order valence-corrected chi connectivity index (χ4v) is 2.85. The van der Waals surface area contributed by atoms with E-state index in [0.29, 0.717) is 11.3 Å². The number of methoxy groups -OCH3 is 1. The Labute approximate surface area is 219 Å². The Hall–Kier alpha value is -3.24. The van der Waals surface area contributed by atoms with E-state index in [1.54, 1.807) is 18.2 Å². The number of anilines is 3. The molecule has 0 radical (unpaired) electrons. The molecule has 0 fully saturated rings. The molecule has 0 aliphatic rings. The summed E-state index contributed by atoms with van der Waals surface area (Å²) in [5.41, 5.74) is 2.78. The van der Waals surface area contributed by atoms with Crippen molar-refractivity contribution in [2.75, 3.05) is 12.0 Å². The maximum atomic E-state index is 11.0. The van der Waals surface area contributed by atoms with Crippen LogP contribution in [-0.2, 0) is 4.79 Å². The number of nitriles is 1. The van der Waals surface area contributed by atoms with Crippen molar-refractivity contribution in [2.24, 2.45) is 0 Å². The zero-order chi connectivity index (χ0) is 19.9. The molecule has 3 aromatic carbocycles. The van der Waals surface area contributed by atoms with Crippen molar-refractivity contribution in [3.63, 3.8) is 0 Å². The number of para-hydroxylation sites is 2. The molecule has 0 bridgehead atoms. The van der Waals surface area contributed by atoms with Crippen molar-refractivity contribution in [2.45, 2.75) is 0 Å². The summed E-state index contributed by atoms with van der Waals surface area (Å²) in [7, 11) is 1.50. The topological polar surface area (TPSA) is 234 Å². The van der Waals surface area contributed by atoms with Crippen molar-refractivity contribution in [1.82, 2.24) is 0 Å². The van der Waals surface area contributed by atoms with Gasteiger partial charge in [-0.05, 0) is 42.5 Å². The van der Waals surface area contributed by atoms with Gasteiger partial charge in [-0.15, -0.1) is 0 Å². The number of carbonyl (C=O) groups is 1. The third-order valence-corrected chi connectivity index (χ3v) is 4.14. The summed E-state index contributed by atoms with van der Waals surface area (Å²) in [5.74, 6) is -1.08. The molecule has 0 spiro atoms. The molecule has 3 rings (SSSR count). The van der Waals surface area contributed by atoms with Crippen LogP contribution >= 0.6 is 0 Å². The van der Waals surface area contributed by atoms with Gasteiger partial charge in [0.25, 0.3) is 0 Å². The molecule has 11 heteroatoms. The Balaban J connectivity index is -0.000000750. The Kier molecular flexibility index (Phi) is 20.4. The van der Waals surface area contributed by atoms with Gasteiger partial charge >= 0.3 is 29.6 Å². The minimum Gasteiger partial charge on any atom is -0.544 e. The fraction of sp³-hybridized carbons (Fsp3) is 0.0435. The monoisotopic (exact) mass is 482 g/mol. The molecule has 0 amide bonds. The summed E-state index contributed by atoms with van der Waals surface area (Å²) in [4.78, 5) is 13.1. The Morgan fingerprint density at radius 2 is 1.32 bits per heavy atom. The Morgan fingerprint density at radius 3 is 1.71 bits per heavy atom. The first-order chi connectivity index (χ1) is 13.6. The van der Waals surface area contributed by atoms with Gasteiger partial charge in [-0.2, -0.15) is 5.26 Å². The zero-order valence-electron chi connectivity index (χ0n) is 18.7. The van der Waals surface area contributed by atoms with Crippen LogP contribution in [0.4, 0.5) is 17.1 Å². The number of rotatable bonds is 6. The number of carboxylic acids is 1. The summed E-state index contributed by atoms with van der Waals surface area (Å²) in [6.45, 7) is 0. The molecule has 178 valence electrons. The fourth-order valence-electron chi connectivity index (χ4n) is 2.85. The van der Waals surface area contributed by atoms with Crippen molar-refractivity contribution in [3.8, 4) is 11.8 Å². The van der Waals surface area contributed by atoms with Gasteiger partial charge in [0, 0.05) is 28.7 Å². The van der Waals surface area contributed by atoms with Crippen molar-refractivity contribution in [3.05, 3.63) is 90.0 Å². The first kappa shape index (κ1) is 38.0. The van der Waals surface area contributed by atoms with Gasteiger partial charge in [-0.3, -0.25) is 0 Å². The standard InChI is InChI=1S/C23H18N2O3.Na.5H2O/c1-28-22-15-21(13-12-17(22)14-18(16-24)23(26)27)25(19-8-4-2-5-9-19)20-10-6-3-7-11-20;;;;;;/h2-15H,1H3,(H,26,27);;5*1H2/q;+1;;;;;/p-1. The first-order valence-corrected chi connectivity index (χ1v) is 8.55. The van der Waals surface area contributed by atoms with Gasteiger partial charge in [0.05, 0.1) is 18.7 Å². The van der Waals surface area contributed by atoms with Crippen molar-refractivity contribution in [1.29, 1.82) is 5.26 Å². The molecular formula is C23H27N2NaO8. The molecule has 0 saturated heterocycles. The van der Waals surface area contributed by atoms with E-state index in [0.717, 1.165) is 17.1 Å². The van der Waals surface area contributed by atoms with Crippen molar-refractivity contribution >= 4 is 29.1 Å². The minimum absolute atomic E-state index is 0. The number of aliphatic carboxylic acids is 1. The molecule has 34 heavy (non-hydrogen) atoms. The summed E-state index contributed by atoms with van der Waals surface area (Å²) < 4.78 is 5.44. The molecular weight excluding hydrogens is 455 g/mol. The van der Waals surface area contributed by atoms with Crippen molar-refractivity contribution < 1.29 is 71.6 Å².